The minimum Gasteiger partial charge on any atom is -0.480 e. The highest BCUT2D eigenvalue weighted by molar-refractivity contribution is 7.88. The minimum atomic E-state index is -4.78. The molecule has 0 fully saturated rings. The van der Waals surface area contributed by atoms with Crippen molar-refractivity contribution in [3.8, 4) is 0 Å². The standard InChI is InChI=1S/C13H12N2O5S/c16-12(17)13(21(18,19)20)8-6-11(7-9-13)15-14-10-4-2-1-3-5-10/h1-8H,9H2,(H,16,17)(H,18,19,20). The van der Waals surface area contributed by atoms with Gasteiger partial charge in [-0.1, -0.05) is 24.3 Å². The molecule has 110 valence electrons. The van der Waals surface area contributed by atoms with Gasteiger partial charge in [0, 0.05) is 6.42 Å². The van der Waals surface area contributed by atoms with Gasteiger partial charge in [-0.2, -0.15) is 18.6 Å². The molecule has 1 unspecified atom stereocenters. The van der Waals surface area contributed by atoms with Crippen LogP contribution >= 0.6 is 0 Å². The number of aliphatic carboxylic acids is 1. The van der Waals surface area contributed by atoms with Crippen LogP contribution in [0.1, 0.15) is 6.42 Å². The summed E-state index contributed by atoms with van der Waals surface area (Å²) in [4.78, 5) is 11.1. The largest absolute Gasteiger partial charge is 0.480 e. The van der Waals surface area contributed by atoms with Gasteiger partial charge in [-0.25, -0.2) is 0 Å². The number of allylic oxidation sites excluding steroid dienone is 2. The van der Waals surface area contributed by atoms with E-state index in [2.05, 4.69) is 10.2 Å². The zero-order chi connectivity index (χ0) is 15.5. The first-order chi connectivity index (χ1) is 9.85. The van der Waals surface area contributed by atoms with E-state index in [1.807, 2.05) is 6.07 Å². The molecule has 0 heterocycles. The van der Waals surface area contributed by atoms with Crippen molar-refractivity contribution in [2.75, 3.05) is 0 Å². The second-order valence-electron chi connectivity index (χ2n) is 4.37. The van der Waals surface area contributed by atoms with Crippen molar-refractivity contribution < 1.29 is 22.9 Å². The number of nitrogens with zero attached hydrogens (tertiary/aromatic N) is 2. The molecule has 1 aromatic rings. The number of carboxylic acids is 1. The molecule has 7 nitrogen and oxygen atoms in total. The summed E-state index contributed by atoms with van der Waals surface area (Å²) in [5, 5.41) is 16.9. The predicted octanol–water partition coefficient (Wildman–Crippen LogP) is 2.33. The fourth-order valence-corrected chi connectivity index (χ4v) is 2.51. The highest BCUT2D eigenvalue weighted by atomic mass is 32.2. The summed E-state index contributed by atoms with van der Waals surface area (Å²) in [6.07, 6.45) is 3.00. The van der Waals surface area contributed by atoms with Gasteiger partial charge in [0.2, 0.25) is 4.75 Å². The zero-order valence-electron chi connectivity index (χ0n) is 10.7. The van der Waals surface area contributed by atoms with Crippen molar-refractivity contribution in [2.24, 2.45) is 10.2 Å². The highest BCUT2D eigenvalue weighted by Gasteiger charge is 2.48. The molecule has 21 heavy (non-hydrogen) atoms. The van der Waals surface area contributed by atoms with E-state index >= 15 is 0 Å². The third-order valence-corrected chi connectivity index (χ3v) is 4.40. The predicted molar refractivity (Wildman–Crippen MR) is 74.7 cm³/mol. The number of rotatable bonds is 4. The van der Waals surface area contributed by atoms with Gasteiger partial charge in [0.1, 0.15) is 0 Å². The van der Waals surface area contributed by atoms with Gasteiger partial charge in [0.25, 0.3) is 10.1 Å². The summed E-state index contributed by atoms with van der Waals surface area (Å²) in [7, 11) is -4.78. The molecule has 0 bridgehead atoms. The molecule has 1 aliphatic carbocycles. The van der Waals surface area contributed by atoms with Gasteiger partial charge in [0.15, 0.2) is 0 Å². The Labute approximate surface area is 121 Å². The first-order valence-corrected chi connectivity index (χ1v) is 7.36. The van der Waals surface area contributed by atoms with E-state index in [-0.39, 0.29) is 0 Å². The Balaban J connectivity index is 2.22. The molecule has 0 aliphatic heterocycles. The summed E-state index contributed by atoms with van der Waals surface area (Å²) < 4.78 is 29.3. The van der Waals surface area contributed by atoms with E-state index in [4.69, 9.17) is 9.66 Å². The Bertz CT molecular complexity index is 737. The maximum atomic E-state index is 11.3. The van der Waals surface area contributed by atoms with Gasteiger partial charge < -0.3 is 5.11 Å². The van der Waals surface area contributed by atoms with Crippen molar-refractivity contribution in [3.63, 3.8) is 0 Å². The maximum absolute atomic E-state index is 11.3. The highest BCUT2D eigenvalue weighted by Crippen LogP contribution is 2.30. The molecule has 2 rings (SSSR count). The van der Waals surface area contributed by atoms with Gasteiger partial charge in [-0.15, -0.1) is 0 Å². The van der Waals surface area contributed by atoms with Crippen LogP contribution in [0.4, 0.5) is 5.69 Å². The fourth-order valence-electron chi connectivity index (χ4n) is 1.76. The first kappa shape index (κ1) is 15.1. The Morgan fingerprint density at radius 2 is 1.86 bits per heavy atom. The van der Waals surface area contributed by atoms with E-state index in [1.54, 1.807) is 24.3 Å². The van der Waals surface area contributed by atoms with Crippen LogP contribution in [0.15, 0.2) is 64.5 Å². The van der Waals surface area contributed by atoms with Crippen molar-refractivity contribution in [1.29, 1.82) is 0 Å². The summed E-state index contributed by atoms with van der Waals surface area (Å²) >= 11 is 0. The monoisotopic (exact) mass is 308 g/mol. The molecule has 2 N–H and O–H groups in total. The fraction of sp³-hybridized carbons (Fsp3) is 0.154. The molecule has 0 aromatic heterocycles. The second-order valence-corrected chi connectivity index (χ2v) is 6.05. The topological polar surface area (TPSA) is 116 Å². The van der Waals surface area contributed by atoms with Crippen LogP contribution in [0.2, 0.25) is 0 Å². The van der Waals surface area contributed by atoms with E-state index < -0.39 is 27.3 Å². The molecule has 0 saturated carbocycles. The molecular formula is C13H12N2O5S. The lowest BCUT2D eigenvalue weighted by molar-refractivity contribution is -0.138. The van der Waals surface area contributed by atoms with Crippen LogP contribution in [0, 0.1) is 0 Å². The van der Waals surface area contributed by atoms with Crippen molar-refractivity contribution in [2.45, 2.75) is 11.2 Å². The molecule has 1 aliphatic rings. The maximum Gasteiger partial charge on any atom is 0.331 e. The van der Waals surface area contributed by atoms with Crippen molar-refractivity contribution in [3.05, 3.63) is 54.3 Å². The van der Waals surface area contributed by atoms with Gasteiger partial charge >= 0.3 is 5.97 Å². The van der Waals surface area contributed by atoms with Gasteiger partial charge in [-0.3, -0.25) is 9.35 Å². The van der Waals surface area contributed by atoms with E-state index in [9.17, 15) is 13.2 Å². The lowest BCUT2D eigenvalue weighted by Crippen LogP contribution is -2.44. The lowest BCUT2D eigenvalue weighted by atomic mass is 9.99. The average Bonchev–Trinajstić information content (AvgIpc) is 2.45. The SMILES string of the molecule is O=C(O)C1(S(=O)(=O)O)C=CC(N=Nc2ccccc2)=CC1. The molecule has 1 aromatic carbocycles. The summed E-state index contributed by atoms with van der Waals surface area (Å²) in [6, 6.07) is 8.86. The normalized spacial score (nSPS) is 22.2. The third-order valence-electron chi connectivity index (χ3n) is 3.00. The summed E-state index contributed by atoms with van der Waals surface area (Å²) in [5.41, 5.74) is 0.927. The smallest absolute Gasteiger partial charge is 0.331 e. The Kier molecular flexibility index (Phi) is 4.01. The molecule has 0 spiro atoms. The van der Waals surface area contributed by atoms with Gasteiger partial charge in [-0.05, 0) is 24.3 Å². The van der Waals surface area contributed by atoms with Crippen LogP contribution < -0.4 is 0 Å². The van der Waals surface area contributed by atoms with Crippen LogP contribution in [0.3, 0.4) is 0 Å². The second kappa shape index (κ2) is 5.58. The molecule has 8 heteroatoms. The third kappa shape index (κ3) is 3.06. The van der Waals surface area contributed by atoms with E-state index in [1.165, 1.54) is 12.2 Å². The molecular weight excluding hydrogens is 296 g/mol. The van der Waals surface area contributed by atoms with Gasteiger partial charge in [0.05, 0.1) is 11.4 Å². The molecule has 0 amide bonds. The van der Waals surface area contributed by atoms with Crippen LogP contribution in [-0.4, -0.2) is 28.8 Å². The number of hydrogen-bond donors (Lipinski definition) is 2. The minimum absolute atomic E-state index is 0.319. The Morgan fingerprint density at radius 1 is 1.19 bits per heavy atom. The summed E-state index contributed by atoms with van der Waals surface area (Å²) in [6.45, 7) is 0. The molecule has 0 saturated heterocycles. The van der Waals surface area contributed by atoms with E-state index in [0.717, 1.165) is 6.08 Å². The van der Waals surface area contributed by atoms with Crippen molar-refractivity contribution >= 4 is 21.8 Å². The van der Waals surface area contributed by atoms with Crippen molar-refractivity contribution in [1.82, 2.24) is 0 Å². The summed E-state index contributed by atoms with van der Waals surface area (Å²) in [5.74, 6) is -1.64. The average molecular weight is 308 g/mol. The number of carboxylic acid groups (broad SMARTS) is 1. The van der Waals surface area contributed by atoms with Crippen LogP contribution in [0.25, 0.3) is 0 Å². The number of carbonyl (C=O) groups is 1. The quantitative estimate of drug-likeness (QED) is 0.654. The van der Waals surface area contributed by atoms with E-state index in [0.29, 0.717) is 11.4 Å². The van der Waals surface area contributed by atoms with Crippen LogP contribution in [0.5, 0.6) is 0 Å². The number of benzene rings is 1. The zero-order valence-corrected chi connectivity index (χ0v) is 11.6. The molecule has 1 atom stereocenters. The lowest BCUT2D eigenvalue weighted by Gasteiger charge is -2.23. The molecule has 0 radical (unpaired) electrons. The number of hydrogen-bond acceptors (Lipinski definition) is 5. The Hall–Kier alpha value is -2.32. The Morgan fingerprint density at radius 3 is 2.33 bits per heavy atom. The number of azo groups is 1. The first-order valence-electron chi connectivity index (χ1n) is 5.92. The van der Waals surface area contributed by atoms with Crippen LogP contribution in [-0.2, 0) is 14.9 Å².